The third-order valence-corrected chi connectivity index (χ3v) is 3.54. The zero-order valence-electron chi connectivity index (χ0n) is 10.7. The Morgan fingerprint density at radius 1 is 1.60 bits per heavy atom. The average Bonchev–Trinajstić information content (AvgIpc) is 2.92. The van der Waals surface area contributed by atoms with Crippen molar-refractivity contribution >= 4 is 27.7 Å². The molecular formula is C13H13BrN4O2. The van der Waals surface area contributed by atoms with Gasteiger partial charge in [0.1, 0.15) is 10.6 Å². The molecule has 0 radical (unpaired) electrons. The molecule has 1 fully saturated rings. The molecule has 1 aliphatic heterocycles. The van der Waals surface area contributed by atoms with E-state index in [9.17, 15) is 9.59 Å². The maximum Gasteiger partial charge on any atom is 0.251 e. The zero-order valence-corrected chi connectivity index (χ0v) is 12.3. The summed E-state index contributed by atoms with van der Waals surface area (Å²) < 4.78 is 0.556. The van der Waals surface area contributed by atoms with Crippen molar-refractivity contribution in [3.8, 4) is 6.07 Å². The van der Waals surface area contributed by atoms with Gasteiger partial charge in [0.25, 0.3) is 5.91 Å². The van der Waals surface area contributed by atoms with E-state index < -0.39 is 0 Å². The van der Waals surface area contributed by atoms with Crippen molar-refractivity contribution in [2.45, 2.75) is 18.9 Å². The van der Waals surface area contributed by atoms with Crippen molar-refractivity contribution in [3.05, 3.63) is 28.5 Å². The maximum atomic E-state index is 12.0. The molecule has 104 valence electrons. The number of nitrogens with zero attached hydrogens (tertiary/aromatic N) is 3. The number of halogens is 1. The number of hydrogen-bond acceptors (Lipinski definition) is 4. The zero-order chi connectivity index (χ0) is 14.5. The largest absolute Gasteiger partial charge is 0.343 e. The Bertz CT molecular complexity index is 570. The lowest BCUT2D eigenvalue weighted by atomic mass is 10.2. The van der Waals surface area contributed by atoms with Crippen LogP contribution in [0, 0.1) is 11.3 Å². The van der Waals surface area contributed by atoms with E-state index in [2.05, 4.69) is 32.3 Å². The van der Waals surface area contributed by atoms with E-state index in [1.54, 1.807) is 12.1 Å². The van der Waals surface area contributed by atoms with Crippen LogP contribution in [0.2, 0.25) is 0 Å². The van der Waals surface area contributed by atoms with E-state index >= 15 is 0 Å². The summed E-state index contributed by atoms with van der Waals surface area (Å²) in [6.45, 7) is 0.477. The molecule has 0 spiro atoms. The van der Waals surface area contributed by atoms with Gasteiger partial charge in [-0.1, -0.05) is 0 Å². The predicted molar refractivity (Wildman–Crippen MR) is 74.6 cm³/mol. The van der Waals surface area contributed by atoms with Crippen LogP contribution in [0.15, 0.2) is 22.9 Å². The van der Waals surface area contributed by atoms with Crippen molar-refractivity contribution in [1.82, 2.24) is 15.2 Å². The molecule has 0 saturated carbocycles. The highest BCUT2D eigenvalue weighted by molar-refractivity contribution is 9.10. The van der Waals surface area contributed by atoms with E-state index in [1.165, 1.54) is 11.1 Å². The summed E-state index contributed by atoms with van der Waals surface area (Å²) in [6, 6.07) is 4.88. The lowest BCUT2D eigenvalue weighted by molar-refractivity contribution is -0.130. The third kappa shape index (κ3) is 3.33. The van der Waals surface area contributed by atoms with Gasteiger partial charge in [-0.3, -0.25) is 9.59 Å². The second-order valence-corrected chi connectivity index (χ2v) is 5.24. The minimum Gasteiger partial charge on any atom is -0.343 e. The van der Waals surface area contributed by atoms with Crippen molar-refractivity contribution in [3.63, 3.8) is 0 Å². The fourth-order valence-corrected chi connectivity index (χ4v) is 2.47. The van der Waals surface area contributed by atoms with Gasteiger partial charge in [-0.25, -0.2) is 4.98 Å². The summed E-state index contributed by atoms with van der Waals surface area (Å²) in [5.74, 6) is -0.565. The van der Waals surface area contributed by atoms with Gasteiger partial charge in [-0.2, -0.15) is 5.26 Å². The van der Waals surface area contributed by atoms with Crippen LogP contribution >= 0.6 is 15.9 Å². The second kappa shape index (κ2) is 6.48. The lowest BCUT2D eigenvalue weighted by Gasteiger charge is -2.19. The number of pyridine rings is 1. The Hall–Kier alpha value is -1.94. The van der Waals surface area contributed by atoms with Gasteiger partial charge in [0.2, 0.25) is 5.91 Å². The van der Waals surface area contributed by atoms with E-state index in [4.69, 9.17) is 5.26 Å². The molecule has 1 aromatic rings. The van der Waals surface area contributed by atoms with Crippen molar-refractivity contribution < 1.29 is 9.59 Å². The van der Waals surface area contributed by atoms with E-state index in [0.29, 0.717) is 23.1 Å². The van der Waals surface area contributed by atoms with Crippen molar-refractivity contribution in [1.29, 1.82) is 5.26 Å². The number of hydrogen-bond donors (Lipinski definition) is 1. The van der Waals surface area contributed by atoms with Crippen LogP contribution in [0.4, 0.5) is 0 Å². The molecule has 7 heteroatoms. The fourth-order valence-electron chi connectivity index (χ4n) is 2.10. The number of nitriles is 1. The average molecular weight is 337 g/mol. The normalized spacial score (nSPS) is 17.6. The molecule has 1 N–H and O–H groups in total. The first-order valence-corrected chi connectivity index (χ1v) is 7.00. The monoisotopic (exact) mass is 336 g/mol. The number of amides is 2. The second-order valence-electron chi connectivity index (χ2n) is 4.42. The van der Waals surface area contributed by atoms with Gasteiger partial charge < -0.3 is 10.2 Å². The quantitative estimate of drug-likeness (QED) is 0.837. The van der Waals surface area contributed by atoms with Gasteiger partial charge in [0.15, 0.2) is 0 Å². The van der Waals surface area contributed by atoms with Gasteiger partial charge in [-0.15, -0.1) is 0 Å². The Balaban J connectivity index is 1.90. The Morgan fingerprint density at radius 3 is 3.10 bits per heavy atom. The molecule has 2 rings (SSSR count). The predicted octanol–water partition coefficient (Wildman–Crippen LogP) is 1.09. The molecule has 0 unspecified atom stereocenters. The summed E-state index contributed by atoms with van der Waals surface area (Å²) in [5.41, 5.74) is 0.429. The third-order valence-electron chi connectivity index (χ3n) is 3.11. The molecular weight excluding hydrogens is 324 g/mol. The Labute approximate surface area is 124 Å². The molecule has 0 aliphatic carbocycles. The number of carbonyl (C=O) groups is 2. The van der Waals surface area contributed by atoms with E-state index in [-0.39, 0.29) is 24.4 Å². The molecule has 1 saturated heterocycles. The molecule has 20 heavy (non-hydrogen) atoms. The first-order chi connectivity index (χ1) is 9.61. The van der Waals surface area contributed by atoms with Crippen molar-refractivity contribution in [2.75, 3.05) is 13.1 Å². The van der Waals surface area contributed by atoms with Crippen LogP contribution < -0.4 is 5.32 Å². The molecule has 1 atom stereocenters. The summed E-state index contributed by atoms with van der Waals surface area (Å²) in [6.07, 6.45) is 3.04. The highest BCUT2D eigenvalue weighted by Crippen LogP contribution is 2.16. The Kier molecular flexibility index (Phi) is 4.69. The van der Waals surface area contributed by atoms with E-state index in [0.717, 1.165) is 6.42 Å². The van der Waals surface area contributed by atoms with Gasteiger partial charge in [-0.05, 0) is 40.9 Å². The summed E-state index contributed by atoms with van der Waals surface area (Å²) in [4.78, 5) is 29.3. The number of nitrogens with one attached hydrogen (secondary N) is 1. The van der Waals surface area contributed by atoms with Gasteiger partial charge in [0.05, 0.1) is 12.6 Å². The SMILES string of the molecule is N#C[C@@H]1CCCN1C(=O)CNC(=O)c1ccnc(Br)c1. The van der Waals surface area contributed by atoms with Crippen molar-refractivity contribution in [2.24, 2.45) is 0 Å². The Morgan fingerprint density at radius 2 is 2.40 bits per heavy atom. The van der Waals surface area contributed by atoms with Crippen LogP contribution in [0.3, 0.4) is 0 Å². The molecule has 1 aliphatic rings. The summed E-state index contributed by atoms with van der Waals surface area (Å²) >= 11 is 3.18. The minimum atomic E-state index is -0.366. The van der Waals surface area contributed by atoms with Gasteiger partial charge in [0, 0.05) is 18.3 Å². The molecule has 0 bridgehead atoms. The standard InChI is InChI=1S/C13H13BrN4O2/c14-11-6-9(3-4-16-11)13(20)17-8-12(19)18-5-1-2-10(18)7-15/h3-4,6,10H,1-2,5,8H2,(H,17,20)/t10-/m0/s1. The number of rotatable bonds is 3. The van der Waals surface area contributed by atoms with Crippen LogP contribution in [0.25, 0.3) is 0 Å². The molecule has 6 nitrogen and oxygen atoms in total. The first-order valence-electron chi connectivity index (χ1n) is 6.20. The summed E-state index contributed by atoms with van der Waals surface area (Å²) in [5, 5.41) is 11.5. The highest BCUT2D eigenvalue weighted by Gasteiger charge is 2.28. The fraction of sp³-hybridized carbons (Fsp3) is 0.385. The van der Waals surface area contributed by atoms with Crippen LogP contribution in [0.5, 0.6) is 0 Å². The number of carbonyl (C=O) groups excluding carboxylic acids is 2. The molecule has 1 aromatic heterocycles. The lowest BCUT2D eigenvalue weighted by Crippen LogP contribution is -2.42. The smallest absolute Gasteiger partial charge is 0.251 e. The van der Waals surface area contributed by atoms with E-state index in [1.807, 2.05) is 0 Å². The summed E-state index contributed by atoms with van der Waals surface area (Å²) in [7, 11) is 0. The number of likely N-dealkylation sites (tertiary alicyclic amines) is 1. The van der Waals surface area contributed by atoms with Crippen LogP contribution in [-0.4, -0.2) is 40.8 Å². The first kappa shape index (κ1) is 14.5. The molecule has 2 amide bonds. The minimum absolute atomic E-state index is 0.100. The van der Waals surface area contributed by atoms with Crippen LogP contribution in [0.1, 0.15) is 23.2 Å². The topological polar surface area (TPSA) is 86.1 Å². The van der Waals surface area contributed by atoms with Crippen LogP contribution in [-0.2, 0) is 4.79 Å². The molecule has 0 aromatic carbocycles. The molecule has 2 heterocycles. The number of aromatic nitrogens is 1. The highest BCUT2D eigenvalue weighted by atomic mass is 79.9. The maximum absolute atomic E-state index is 12.0. The van der Waals surface area contributed by atoms with Gasteiger partial charge >= 0.3 is 0 Å².